The van der Waals surface area contributed by atoms with Crippen LogP contribution in [-0.4, -0.2) is 41.1 Å². The zero-order valence-electron chi connectivity index (χ0n) is 11.4. The van der Waals surface area contributed by atoms with Gasteiger partial charge in [-0.25, -0.2) is 15.0 Å². The standard InChI is InChI=1S/C14H17N5O/c1-10-4-13(17-9-16-10)18-5-11-7-19(8-12(11)6-18)14-15-2-3-20-14/h2-4,9,11-12H,5-8H2,1H3. The maximum atomic E-state index is 5.39. The van der Waals surface area contributed by atoms with Crippen molar-refractivity contribution in [1.29, 1.82) is 0 Å². The maximum absolute atomic E-state index is 5.39. The summed E-state index contributed by atoms with van der Waals surface area (Å²) in [5.74, 6) is 2.38. The Morgan fingerprint density at radius 3 is 2.45 bits per heavy atom. The van der Waals surface area contributed by atoms with Crippen molar-refractivity contribution in [1.82, 2.24) is 15.0 Å². The van der Waals surface area contributed by atoms with Gasteiger partial charge in [-0.2, -0.15) is 0 Å². The molecule has 104 valence electrons. The van der Waals surface area contributed by atoms with E-state index < -0.39 is 0 Å². The lowest BCUT2D eigenvalue weighted by Crippen LogP contribution is -2.29. The van der Waals surface area contributed by atoms with Gasteiger partial charge in [-0.05, 0) is 6.92 Å². The molecule has 0 aromatic carbocycles. The SMILES string of the molecule is Cc1cc(N2CC3CN(c4ncco4)CC3C2)ncn1. The van der Waals surface area contributed by atoms with Gasteiger partial charge in [-0.3, -0.25) is 0 Å². The molecule has 0 amide bonds. The van der Waals surface area contributed by atoms with Crippen LogP contribution in [0.5, 0.6) is 0 Å². The molecule has 0 spiro atoms. The predicted molar refractivity (Wildman–Crippen MR) is 74.7 cm³/mol. The van der Waals surface area contributed by atoms with Crippen LogP contribution < -0.4 is 9.80 Å². The quantitative estimate of drug-likeness (QED) is 0.821. The number of nitrogens with zero attached hydrogens (tertiary/aromatic N) is 5. The summed E-state index contributed by atoms with van der Waals surface area (Å²) < 4.78 is 5.39. The molecule has 2 atom stereocenters. The van der Waals surface area contributed by atoms with Crippen molar-refractivity contribution in [3.63, 3.8) is 0 Å². The molecule has 0 N–H and O–H groups in total. The van der Waals surface area contributed by atoms with Crippen LogP contribution >= 0.6 is 0 Å². The molecule has 2 aromatic heterocycles. The minimum absolute atomic E-state index is 0.664. The summed E-state index contributed by atoms with van der Waals surface area (Å²) in [7, 11) is 0. The van der Waals surface area contributed by atoms with Crippen molar-refractivity contribution in [2.75, 3.05) is 36.0 Å². The van der Waals surface area contributed by atoms with E-state index in [-0.39, 0.29) is 0 Å². The zero-order chi connectivity index (χ0) is 13.5. The van der Waals surface area contributed by atoms with Crippen molar-refractivity contribution in [2.24, 2.45) is 11.8 Å². The van der Waals surface area contributed by atoms with E-state index in [0.29, 0.717) is 11.8 Å². The van der Waals surface area contributed by atoms with Gasteiger partial charge >= 0.3 is 0 Å². The van der Waals surface area contributed by atoms with Gasteiger partial charge < -0.3 is 14.2 Å². The van der Waals surface area contributed by atoms with Gasteiger partial charge in [0.1, 0.15) is 18.4 Å². The van der Waals surface area contributed by atoms with Crippen LogP contribution in [0.3, 0.4) is 0 Å². The zero-order valence-corrected chi connectivity index (χ0v) is 11.4. The second-order valence-corrected chi connectivity index (χ2v) is 5.66. The molecule has 6 heteroatoms. The molecule has 0 radical (unpaired) electrons. The Hall–Kier alpha value is -2.11. The van der Waals surface area contributed by atoms with E-state index in [1.165, 1.54) is 0 Å². The van der Waals surface area contributed by atoms with E-state index in [4.69, 9.17) is 4.42 Å². The number of hydrogen-bond acceptors (Lipinski definition) is 6. The monoisotopic (exact) mass is 271 g/mol. The average molecular weight is 271 g/mol. The minimum atomic E-state index is 0.664. The van der Waals surface area contributed by atoms with E-state index in [0.717, 1.165) is 43.7 Å². The van der Waals surface area contributed by atoms with Crippen LogP contribution in [0.15, 0.2) is 29.3 Å². The minimum Gasteiger partial charge on any atom is -0.432 e. The van der Waals surface area contributed by atoms with Gasteiger partial charge in [0.2, 0.25) is 0 Å². The third-order valence-electron chi connectivity index (χ3n) is 4.29. The average Bonchev–Trinajstić information content (AvgIpc) is 3.13. The fourth-order valence-corrected chi connectivity index (χ4v) is 3.32. The van der Waals surface area contributed by atoms with Gasteiger partial charge in [0, 0.05) is 49.8 Å². The van der Waals surface area contributed by atoms with E-state index in [1.807, 2.05) is 6.92 Å². The lowest BCUT2D eigenvalue weighted by molar-refractivity contribution is 0.533. The van der Waals surface area contributed by atoms with Crippen molar-refractivity contribution in [3.05, 3.63) is 30.5 Å². The first-order valence-corrected chi connectivity index (χ1v) is 6.97. The molecule has 6 nitrogen and oxygen atoms in total. The molecule has 20 heavy (non-hydrogen) atoms. The Morgan fingerprint density at radius 2 is 1.80 bits per heavy atom. The Balaban J connectivity index is 1.47. The molecule has 2 saturated heterocycles. The summed E-state index contributed by atoms with van der Waals surface area (Å²) >= 11 is 0. The maximum Gasteiger partial charge on any atom is 0.297 e. The number of anilines is 2. The number of rotatable bonds is 2. The Morgan fingerprint density at radius 1 is 1.05 bits per heavy atom. The molecule has 2 fully saturated rings. The van der Waals surface area contributed by atoms with Crippen molar-refractivity contribution < 1.29 is 4.42 Å². The topological polar surface area (TPSA) is 58.3 Å². The Labute approximate surface area is 117 Å². The molecular formula is C14H17N5O. The lowest BCUT2D eigenvalue weighted by atomic mass is 10.0. The smallest absolute Gasteiger partial charge is 0.297 e. The van der Waals surface area contributed by atoms with Gasteiger partial charge in [0.15, 0.2) is 0 Å². The van der Waals surface area contributed by atoms with Crippen LogP contribution in [-0.2, 0) is 0 Å². The molecule has 4 rings (SSSR count). The molecule has 2 aliphatic rings. The molecule has 4 heterocycles. The first-order valence-electron chi connectivity index (χ1n) is 6.97. The third-order valence-corrected chi connectivity index (χ3v) is 4.29. The first-order chi connectivity index (χ1) is 9.79. The highest BCUT2D eigenvalue weighted by Crippen LogP contribution is 2.34. The number of fused-ring (bicyclic) bond motifs is 1. The number of aromatic nitrogens is 3. The van der Waals surface area contributed by atoms with Crippen molar-refractivity contribution in [3.8, 4) is 0 Å². The fourth-order valence-electron chi connectivity index (χ4n) is 3.32. The second-order valence-electron chi connectivity index (χ2n) is 5.66. The number of aryl methyl sites for hydroxylation is 1. The van der Waals surface area contributed by atoms with Gasteiger partial charge in [0.05, 0.1) is 6.20 Å². The molecule has 2 unspecified atom stereocenters. The summed E-state index contributed by atoms with van der Waals surface area (Å²) in [6.45, 7) is 6.15. The second kappa shape index (κ2) is 4.47. The molecule has 0 saturated carbocycles. The largest absolute Gasteiger partial charge is 0.432 e. The van der Waals surface area contributed by atoms with E-state index >= 15 is 0 Å². The Kier molecular flexibility index (Phi) is 2.61. The summed E-state index contributed by atoms with van der Waals surface area (Å²) in [5, 5.41) is 0. The predicted octanol–water partition coefficient (Wildman–Crippen LogP) is 1.35. The summed E-state index contributed by atoms with van der Waals surface area (Å²) in [5.41, 5.74) is 1.02. The van der Waals surface area contributed by atoms with Crippen LogP contribution in [0.1, 0.15) is 5.69 Å². The summed E-state index contributed by atoms with van der Waals surface area (Å²) in [4.78, 5) is 17.4. The van der Waals surface area contributed by atoms with Crippen molar-refractivity contribution in [2.45, 2.75) is 6.92 Å². The number of hydrogen-bond donors (Lipinski definition) is 0. The molecule has 0 bridgehead atoms. The summed E-state index contributed by atoms with van der Waals surface area (Å²) in [6.07, 6.45) is 5.00. The van der Waals surface area contributed by atoms with E-state index in [2.05, 4.69) is 30.8 Å². The molecule has 2 aromatic rings. The Bertz CT molecular complexity index is 585. The third kappa shape index (κ3) is 1.92. The van der Waals surface area contributed by atoms with Gasteiger partial charge in [-0.15, -0.1) is 0 Å². The van der Waals surface area contributed by atoms with Crippen LogP contribution in [0, 0.1) is 18.8 Å². The summed E-state index contributed by atoms with van der Waals surface area (Å²) in [6, 6.07) is 2.82. The fraction of sp³-hybridized carbons (Fsp3) is 0.500. The van der Waals surface area contributed by atoms with E-state index in [1.54, 1.807) is 18.8 Å². The molecule has 2 aliphatic heterocycles. The number of oxazole rings is 1. The molecular weight excluding hydrogens is 254 g/mol. The van der Waals surface area contributed by atoms with Crippen LogP contribution in [0.25, 0.3) is 0 Å². The van der Waals surface area contributed by atoms with Gasteiger partial charge in [-0.1, -0.05) is 0 Å². The normalized spacial score (nSPS) is 25.2. The van der Waals surface area contributed by atoms with E-state index in [9.17, 15) is 0 Å². The highest BCUT2D eigenvalue weighted by atomic mass is 16.4. The highest BCUT2D eigenvalue weighted by molar-refractivity contribution is 5.42. The van der Waals surface area contributed by atoms with Gasteiger partial charge in [0.25, 0.3) is 6.01 Å². The van der Waals surface area contributed by atoms with Crippen LogP contribution in [0.2, 0.25) is 0 Å². The molecule has 0 aliphatic carbocycles. The highest BCUT2D eigenvalue weighted by Gasteiger charge is 2.41. The lowest BCUT2D eigenvalue weighted by Gasteiger charge is -2.21. The van der Waals surface area contributed by atoms with Crippen molar-refractivity contribution >= 4 is 11.8 Å². The first kappa shape index (κ1) is 11.7. The van der Waals surface area contributed by atoms with Crippen LogP contribution in [0.4, 0.5) is 11.8 Å².